The third-order valence-corrected chi connectivity index (χ3v) is 8.75. The quantitative estimate of drug-likeness (QED) is 0.218. The Bertz CT molecular complexity index is 1650. The Morgan fingerprint density at radius 1 is 1.10 bits per heavy atom. The van der Waals surface area contributed by atoms with Crippen LogP contribution in [0.4, 0.5) is 15.8 Å². The van der Waals surface area contributed by atoms with Crippen molar-refractivity contribution in [3.05, 3.63) is 87.5 Å². The van der Waals surface area contributed by atoms with Crippen LogP contribution in [0.15, 0.2) is 54.9 Å². The first-order valence-electron chi connectivity index (χ1n) is 11.9. The highest BCUT2D eigenvalue weighted by atomic mass is 35.5. The van der Waals surface area contributed by atoms with Crippen molar-refractivity contribution in [2.75, 3.05) is 17.1 Å². The molecule has 2 N–H and O–H groups in total. The van der Waals surface area contributed by atoms with Gasteiger partial charge in [-0.3, -0.25) is 9.52 Å². The summed E-state index contributed by atoms with van der Waals surface area (Å²) in [5, 5.41) is 1.99. The van der Waals surface area contributed by atoms with Crippen LogP contribution < -0.4 is 14.8 Å². The van der Waals surface area contributed by atoms with Crippen LogP contribution in [0.5, 0.6) is 5.75 Å². The number of carbonyl (C=O) groups is 1. The number of anilines is 2. The first-order chi connectivity index (χ1) is 18.5. The van der Waals surface area contributed by atoms with E-state index < -0.39 is 27.0 Å². The maximum atomic E-state index is 14.8. The van der Waals surface area contributed by atoms with Crippen LogP contribution in [0, 0.1) is 12.7 Å². The molecule has 204 valence electrons. The summed E-state index contributed by atoms with van der Waals surface area (Å²) in [4.78, 5) is 21.3. The van der Waals surface area contributed by atoms with Crippen LogP contribution in [-0.2, 0) is 16.4 Å². The van der Waals surface area contributed by atoms with Crippen LogP contribution in [0.1, 0.15) is 34.8 Å². The zero-order valence-electron chi connectivity index (χ0n) is 21.3. The van der Waals surface area contributed by atoms with Gasteiger partial charge in [-0.05, 0) is 67.3 Å². The summed E-state index contributed by atoms with van der Waals surface area (Å²) < 4.78 is 49.0. The van der Waals surface area contributed by atoms with E-state index in [9.17, 15) is 17.6 Å². The topological polar surface area (TPSA) is 110 Å². The third-order valence-electron chi connectivity index (χ3n) is 6.18. The number of carbonyl (C=O) groups excluding carboxylic acids is 1. The summed E-state index contributed by atoms with van der Waals surface area (Å²) in [6, 6.07) is 12.6. The minimum absolute atomic E-state index is 0.0685. The lowest BCUT2D eigenvalue weighted by molar-refractivity contribution is 0.102. The highest BCUT2D eigenvalue weighted by Gasteiger charge is 2.27. The van der Waals surface area contributed by atoms with Gasteiger partial charge in [0.1, 0.15) is 23.0 Å². The smallest absolute Gasteiger partial charge is 0.258 e. The molecule has 0 aliphatic rings. The number of nitrogens with one attached hydrogen (secondary N) is 2. The molecule has 12 heteroatoms. The highest BCUT2D eigenvalue weighted by Crippen LogP contribution is 2.35. The number of nitrogens with zero attached hydrogens (tertiary/aromatic N) is 2. The number of hydrogen-bond donors (Lipinski definition) is 2. The lowest BCUT2D eigenvalue weighted by Crippen LogP contribution is -2.29. The minimum atomic E-state index is -3.94. The molecule has 0 aliphatic heterocycles. The van der Waals surface area contributed by atoms with Crippen molar-refractivity contribution in [1.29, 1.82) is 0 Å². The number of hydrogen-bond acceptors (Lipinski definition) is 6. The summed E-state index contributed by atoms with van der Waals surface area (Å²) in [6.45, 7) is 3.52. The van der Waals surface area contributed by atoms with Crippen molar-refractivity contribution in [3.8, 4) is 5.75 Å². The highest BCUT2D eigenvalue weighted by molar-refractivity contribution is 7.93. The molecule has 0 fully saturated rings. The van der Waals surface area contributed by atoms with Gasteiger partial charge in [-0.1, -0.05) is 42.3 Å². The summed E-state index contributed by atoms with van der Waals surface area (Å²) >= 11 is 12.6. The van der Waals surface area contributed by atoms with Gasteiger partial charge in [0.2, 0.25) is 10.0 Å². The van der Waals surface area contributed by atoms with Crippen LogP contribution in [0.25, 0.3) is 10.9 Å². The molecular formula is C27H25Cl2FN4O4S. The average Bonchev–Trinajstić information content (AvgIpc) is 2.91. The van der Waals surface area contributed by atoms with Gasteiger partial charge >= 0.3 is 0 Å². The molecule has 1 amide bonds. The second-order valence-electron chi connectivity index (χ2n) is 8.84. The van der Waals surface area contributed by atoms with Crippen LogP contribution in [-0.4, -0.2) is 36.7 Å². The van der Waals surface area contributed by atoms with Gasteiger partial charge in [0.15, 0.2) is 0 Å². The van der Waals surface area contributed by atoms with Gasteiger partial charge in [-0.25, -0.2) is 22.8 Å². The van der Waals surface area contributed by atoms with E-state index in [1.165, 1.54) is 12.4 Å². The number of aromatic nitrogens is 2. The number of halogens is 3. The third kappa shape index (κ3) is 6.24. The number of sulfonamides is 1. The molecule has 0 bridgehead atoms. The van der Waals surface area contributed by atoms with Gasteiger partial charge in [-0.15, -0.1) is 0 Å². The van der Waals surface area contributed by atoms with E-state index >= 15 is 0 Å². The van der Waals surface area contributed by atoms with Crippen LogP contribution in [0.3, 0.4) is 0 Å². The summed E-state index contributed by atoms with van der Waals surface area (Å²) in [5.74, 6) is -0.883. The maximum absolute atomic E-state index is 14.8. The van der Waals surface area contributed by atoms with Gasteiger partial charge in [0.05, 0.1) is 39.8 Å². The predicted molar refractivity (Wildman–Crippen MR) is 152 cm³/mol. The average molecular weight is 591 g/mol. The summed E-state index contributed by atoms with van der Waals surface area (Å²) in [5.41, 5.74) is 1.47. The first kappa shape index (κ1) is 28.5. The van der Waals surface area contributed by atoms with Gasteiger partial charge in [0.25, 0.3) is 5.91 Å². The Hall–Kier alpha value is -3.47. The van der Waals surface area contributed by atoms with Crippen molar-refractivity contribution >= 4 is 61.4 Å². The van der Waals surface area contributed by atoms with Crippen LogP contribution in [0.2, 0.25) is 10.2 Å². The Kier molecular flexibility index (Phi) is 8.58. The summed E-state index contributed by atoms with van der Waals surface area (Å²) in [6.07, 6.45) is 1.77. The van der Waals surface area contributed by atoms with Crippen molar-refractivity contribution in [1.82, 2.24) is 9.97 Å². The number of amides is 1. The fraction of sp³-hybridized carbons (Fsp3) is 0.222. The zero-order chi connectivity index (χ0) is 28.3. The van der Waals surface area contributed by atoms with E-state index in [1.807, 2.05) is 0 Å². The van der Waals surface area contributed by atoms with Crippen molar-refractivity contribution < 1.29 is 22.3 Å². The summed E-state index contributed by atoms with van der Waals surface area (Å²) in [7, 11) is -2.39. The fourth-order valence-electron chi connectivity index (χ4n) is 4.12. The second-order valence-corrected chi connectivity index (χ2v) is 11.5. The Labute approximate surface area is 235 Å². The molecule has 0 saturated heterocycles. The molecule has 0 spiro atoms. The molecule has 39 heavy (non-hydrogen) atoms. The molecule has 3 aromatic carbocycles. The molecule has 8 nitrogen and oxygen atoms in total. The molecule has 4 aromatic rings. The van der Waals surface area contributed by atoms with Crippen molar-refractivity contribution in [2.45, 2.75) is 31.9 Å². The van der Waals surface area contributed by atoms with E-state index in [-0.39, 0.29) is 39.1 Å². The molecule has 1 heterocycles. The number of aryl methyl sites for hydroxylation is 1. The molecule has 0 aliphatic carbocycles. The standard InChI is InChI=1S/C27H25Cl2FN4O4S/c1-4-18(13-16-5-7-17(38-3)8-6-16)39(36,37)34-22-10-9-21(30)25(23(22)28)33-27(35)20-12-15(2)11-19-24(20)31-14-32-26(19)29/h5-12,14,18,34H,4,13H2,1-3H3,(H,33,35). The second kappa shape index (κ2) is 11.7. The number of benzene rings is 3. The minimum Gasteiger partial charge on any atom is -0.497 e. The van der Waals surface area contributed by atoms with Crippen LogP contribution >= 0.6 is 23.2 Å². The van der Waals surface area contributed by atoms with Crippen molar-refractivity contribution in [3.63, 3.8) is 0 Å². The molecule has 1 atom stereocenters. The number of methoxy groups -OCH3 is 1. The molecular weight excluding hydrogens is 566 g/mol. The molecule has 1 aromatic heterocycles. The normalized spacial score (nSPS) is 12.3. The van der Waals surface area contributed by atoms with E-state index in [0.717, 1.165) is 11.6 Å². The fourth-order valence-corrected chi connectivity index (χ4v) is 6.10. The lowest BCUT2D eigenvalue weighted by Gasteiger charge is -2.19. The Balaban J connectivity index is 1.61. The maximum Gasteiger partial charge on any atom is 0.258 e. The van der Waals surface area contributed by atoms with E-state index in [0.29, 0.717) is 23.1 Å². The van der Waals surface area contributed by atoms with E-state index in [2.05, 4.69) is 20.0 Å². The van der Waals surface area contributed by atoms with Crippen molar-refractivity contribution in [2.24, 2.45) is 0 Å². The van der Waals surface area contributed by atoms with E-state index in [1.54, 1.807) is 57.4 Å². The number of ether oxygens (including phenoxy) is 1. The largest absolute Gasteiger partial charge is 0.497 e. The Morgan fingerprint density at radius 2 is 1.82 bits per heavy atom. The molecule has 1 unspecified atom stereocenters. The zero-order valence-corrected chi connectivity index (χ0v) is 23.6. The molecule has 4 rings (SSSR count). The molecule has 0 radical (unpaired) electrons. The predicted octanol–water partition coefficient (Wildman–Crippen LogP) is 6.41. The number of fused-ring (bicyclic) bond motifs is 1. The van der Waals surface area contributed by atoms with Gasteiger partial charge in [0, 0.05) is 5.39 Å². The van der Waals surface area contributed by atoms with Gasteiger partial charge < -0.3 is 10.1 Å². The SMILES string of the molecule is CCC(Cc1ccc(OC)cc1)S(=O)(=O)Nc1ccc(F)c(NC(=O)c2cc(C)cc3c(Cl)ncnc23)c1Cl. The monoisotopic (exact) mass is 590 g/mol. The van der Waals surface area contributed by atoms with E-state index in [4.69, 9.17) is 27.9 Å². The van der Waals surface area contributed by atoms with Gasteiger partial charge in [-0.2, -0.15) is 0 Å². The Morgan fingerprint density at radius 3 is 2.49 bits per heavy atom. The number of rotatable bonds is 9. The lowest BCUT2D eigenvalue weighted by atomic mass is 10.1. The molecule has 0 saturated carbocycles. The first-order valence-corrected chi connectivity index (χ1v) is 14.2.